The molecule has 0 aliphatic heterocycles. The number of hydrogen-bond acceptors (Lipinski definition) is 5. The molecule has 2 rings (SSSR count). The van der Waals surface area contributed by atoms with Crippen LogP contribution in [0.4, 0.5) is 11.4 Å². The number of anilines is 1. The highest BCUT2D eigenvalue weighted by molar-refractivity contribution is 7.94. The van der Waals surface area contributed by atoms with Gasteiger partial charge in [0.2, 0.25) is 0 Å². The molecule has 0 amide bonds. The average Bonchev–Trinajstić information content (AvgIpc) is 2.92. The van der Waals surface area contributed by atoms with Crippen molar-refractivity contribution in [3.63, 3.8) is 0 Å². The first kappa shape index (κ1) is 14.5. The van der Waals surface area contributed by atoms with E-state index in [0.717, 1.165) is 15.6 Å². The Morgan fingerprint density at radius 2 is 1.95 bits per heavy atom. The summed E-state index contributed by atoms with van der Waals surface area (Å²) in [7, 11) is -2.29. The lowest BCUT2D eigenvalue weighted by Gasteiger charge is -2.20. The van der Waals surface area contributed by atoms with Crippen LogP contribution in [-0.2, 0) is 10.0 Å². The highest BCUT2D eigenvalue weighted by atomic mass is 32.2. The molecule has 6 nitrogen and oxygen atoms in total. The van der Waals surface area contributed by atoms with Crippen molar-refractivity contribution in [2.24, 2.45) is 0 Å². The van der Waals surface area contributed by atoms with Gasteiger partial charge in [-0.15, -0.1) is 11.3 Å². The predicted molar refractivity (Wildman–Crippen MR) is 77.7 cm³/mol. The molecule has 1 aromatic heterocycles. The second-order valence-corrected chi connectivity index (χ2v) is 7.23. The lowest BCUT2D eigenvalue weighted by Crippen LogP contribution is -2.26. The maximum atomic E-state index is 12.4. The van der Waals surface area contributed by atoms with Crippen molar-refractivity contribution >= 4 is 32.7 Å². The molecule has 0 atom stereocenters. The molecule has 0 bridgehead atoms. The first-order valence-electron chi connectivity index (χ1n) is 5.62. The Morgan fingerprint density at radius 3 is 2.50 bits per heavy atom. The molecule has 1 heterocycles. The van der Waals surface area contributed by atoms with Crippen molar-refractivity contribution in [1.82, 2.24) is 0 Å². The number of rotatable bonds is 4. The van der Waals surface area contributed by atoms with Crippen molar-refractivity contribution in [2.45, 2.75) is 11.1 Å². The van der Waals surface area contributed by atoms with E-state index in [4.69, 9.17) is 0 Å². The fourth-order valence-corrected chi connectivity index (χ4v) is 4.24. The van der Waals surface area contributed by atoms with E-state index in [1.807, 2.05) is 0 Å². The van der Waals surface area contributed by atoms with E-state index < -0.39 is 14.9 Å². The molecule has 0 unspecified atom stereocenters. The van der Waals surface area contributed by atoms with Gasteiger partial charge in [0.1, 0.15) is 4.21 Å². The summed E-state index contributed by atoms with van der Waals surface area (Å²) in [6.07, 6.45) is 0. The number of nitro benzene ring substituents is 1. The maximum Gasteiger partial charge on any atom is 0.274 e. The van der Waals surface area contributed by atoms with Crippen LogP contribution in [-0.4, -0.2) is 20.4 Å². The van der Waals surface area contributed by atoms with Gasteiger partial charge < -0.3 is 0 Å². The molecule has 0 saturated carbocycles. The first-order chi connectivity index (χ1) is 9.35. The minimum Gasteiger partial charge on any atom is -0.268 e. The Morgan fingerprint density at radius 1 is 1.25 bits per heavy atom. The normalized spacial score (nSPS) is 11.3. The number of sulfonamides is 1. The van der Waals surface area contributed by atoms with Crippen LogP contribution in [0.2, 0.25) is 0 Å². The molecule has 0 spiro atoms. The molecule has 0 saturated heterocycles. The highest BCUT2D eigenvalue weighted by Gasteiger charge is 2.25. The van der Waals surface area contributed by atoms with E-state index in [9.17, 15) is 18.5 Å². The van der Waals surface area contributed by atoms with Gasteiger partial charge in [0.15, 0.2) is 0 Å². The molecule has 106 valence electrons. The molecule has 0 N–H and O–H groups in total. The van der Waals surface area contributed by atoms with E-state index >= 15 is 0 Å². The first-order valence-corrected chi connectivity index (χ1v) is 7.94. The van der Waals surface area contributed by atoms with Crippen LogP contribution in [0.5, 0.6) is 0 Å². The number of nitro groups is 1. The van der Waals surface area contributed by atoms with Crippen LogP contribution in [0, 0.1) is 17.0 Å². The molecule has 0 aliphatic rings. The predicted octanol–water partition coefficient (Wildman–Crippen LogP) is 2.79. The van der Waals surface area contributed by atoms with E-state index in [2.05, 4.69) is 0 Å². The van der Waals surface area contributed by atoms with Gasteiger partial charge in [-0.05, 0) is 24.4 Å². The number of nitrogens with zero attached hydrogens (tertiary/aromatic N) is 2. The summed E-state index contributed by atoms with van der Waals surface area (Å²) in [6.45, 7) is 1.54. The maximum absolute atomic E-state index is 12.4. The van der Waals surface area contributed by atoms with Gasteiger partial charge in [-0.1, -0.05) is 12.1 Å². The lowest BCUT2D eigenvalue weighted by atomic mass is 10.1. The van der Waals surface area contributed by atoms with Gasteiger partial charge in [0.05, 0.1) is 16.2 Å². The topological polar surface area (TPSA) is 80.5 Å². The zero-order chi connectivity index (χ0) is 14.9. The van der Waals surface area contributed by atoms with Crippen LogP contribution in [0.1, 0.15) is 5.56 Å². The average molecular weight is 312 g/mol. The standard InChI is InChI=1S/C12H12N2O4S2/c1-9-10(5-3-6-11(9)14(15)16)13(2)20(17,18)12-7-4-8-19-12/h3-8H,1-2H3. The second kappa shape index (κ2) is 5.22. The van der Waals surface area contributed by atoms with Crippen molar-refractivity contribution in [3.05, 3.63) is 51.4 Å². The minimum atomic E-state index is -3.68. The van der Waals surface area contributed by atoms with Crippen LogP contribution < -0.4 is 4.31 Å². The van der Waals surface area contributed by atoms with Crippen molar-refractivity contribution in [1.29, 1.82) is 0 Å². The van der Waals surface area contributed by atoms with Crippen molar-refractivity contribution < 1.29 is 13.3 Å². The molecular weight excluding hydrogens is 300 g/mol. The van der Waals surface area contributed by atoms with Crippen LogP contribution >= 0.6 is 11.3 Å². The molecule has 8 heteroatoms. The third-order valence-corrected chi connectivity index (χ3v) is 6.07. The van der Waals surface area contributed by atoms with E-state index in [0.29, 0.717) is 11.3 Å². The van der Waals surface area contributed by atoms with Gasteiger partial charge in [-0.2, -0.15) is 0 Å². The minimum absolute atomic E-state index is 0.101. The summed E-state index contributed by atoms with van der Waals surface area (Å²) in [5.41, 5.74) is 0.517. The third-order valence-electron chi connectivity index (χ3n) is 2.92. The molecule has 1 aromatic carbocycles. The van der Waals surface area contributed by atoms with Gasteiger partial charge in [-0.25, -0.2) is 8.42 Å². The zero-order valence-electron chi connectivity index (χ0n) is 10.8. The van der Waals surface area contributed by atoms with Crippen molar-refractivity contribution in [3.8, 4) is 0 Å². The third kappa shape index (κ3) is 2.39. The molecule has 0 aliphatic carbocycles. The largest absolute Gasteiger partial charge is 0.274 e. The van der Waals surface area contributed by atoms with Crippen LogP contribution in [0.25, 0.3) is 0 Å². The number of hydrogen-bond donors (Lipinski definition) is 0. The fourth-order valence-electron chi connectivity index (χ4n) is 1.83. The van der Waals surface area contributed by atoms with E-state index in [1.54, 1.807) is 17.5 Å². The summed E-state index contributed by atoms with van der Waals surface area (Å²) in [4.78, 5) is 10.4. The summed E-state index contributed by atoms with van der Waals surface area (Å²) in [5, 5.41) is 12.6. The Hall–Kier alpha value is -1.93. The molecular formula is C12H12N2O4S2. The van der Waals surface area contributed by atoms with Gasteiger partial charge in [0.25, 0.3) is 15.7 Å². The van der Waals surface area contributed by atoms with E-state index in [-0.39, 0.29) is 9.90 Å². The van der Waals surface area contributed by atoms with Crippen LogP contribution in [0.3, 0.4) is 0 Å². The Kier molecular flexibility index (Phi) is 3.78. The Bertz CT molecular complexity index is 739. The zero-order valence-corrected chi connectivity index (χ0v) is 12.4. The Balaban J connectivity index is 2.53. The number of benzene rings is 1. The molecule has 2 aromatic rings. The smallest absolute Gasteiger partial charge is 0.268 e. The quantitative estimate of drug-likeness (QED) is 0.642. The van der Waals surface area contributed by atoms with Crippen molar-refractivity contribution in [2.75, 3.05) is 11.4 Å². The SMILES string of the molecule is Cc1c(N(C)S(=O)(=O)c2cccs2)cccc1[N+](=O)[O-]. The fraction of sp³-hybridized carbons (Fsp3) is 0.167. The van der Waals surface area contributed by atoms with Crippen LogP contribution in [0.15, 0.2) is 39.9 Å². The monoisotopic (exact) mass is 312 g/mol. The lowest BCUT2D eigenvalue weighted by molar-refractivity contribution is -0.385. The summed E-state index contributed by atoms with van der Waals surface area (Å²) in [5.74, 6) is 0. The molecule has 20 heavy (non-hydrogen) atoms. The summed E-state index contributed by atoms with van der Waals surface area (Å²) < 4.78 is 26.1. The molecule has 0 fully saturated rings. The Labute approximate surface area is 120 Å². The molecule has 0 radical (unpaired) electrons. The second-order valence-electron chi connectivity index (χ2n) is 4.08. The highest BCUT2D eigenvalue weighted by Crippen LogP contribution is 2.31. The van der Waals surface area contributed by atoms with Gasteiger partial charge in [-0.3, -0.25) is 14.4 Å². The van der Waals surface area contributed by atoms with E-state index in [1.165, 1.54) is 32.2 Å². The summed E-state index contributed by atoms with van der Waals surface area (Å²) in [6, 6.07) is 7.52. The van der Waals surface area contributed by atoms with Gasteiger partial charge >= 0.3 is 0 Å². The number of thiophene rings is 1. The van der Waals surface area contributed by atoms with Gasteiger partial charge in [0, 0.05) is 13.1 Å². The summed E-state index contributed by atoms with van der Waals surface area (Å²) >= 11 is 1.11.